The fraction of sp³-hybridized carbons (Fsp3) is 0.250. The number of fused-ring (bicyclic) bond motifs is 2. The summed E-state index contributed by atoms with van der Waals surface area (Å²) in [6, 6.07) is 17.6. The van der Waals surface area contributed by atoms with E-state index in [0.717, 1.165) is 28.4 Å². The lowest BCUT2D eigenvalue weighted by molar-refractivity contribution is -0.136. The van der Waals surface area contributed by atoms with Gasteiger partial charge in [-0.15, -0.1) is 0 Å². The Morgan fingerprint density at radius 2 is 1.92 bits per heavy atom. The van der Waals surface area contributed by atoms with Crippen molar-refractivity contribution in [1.29, 1.82) is 0 Å². The van der Waals surface area contributed by atoms with Gasteiger partial charge in [0.25, 0.3) is 0 Å². The average Bonchev–Trinajstić information content (AvgIpc) is 3.51. The van der Waals surface area contributed by atoms with Crippen LogP contribution in [0.1, 0.15) is 36.9 Å². The second-order valence-electron chi connectivity index (χ2n) is 8.65. The highest BCUT2D eigenvalue weighted by atomic mass is 32.2. The van der Waals surface area contributed by atoms with Gasteiger partial charge in [-0.25, -0.2) is 9.79 Å². The van der Waals surface area contributed by atoms with Crippen molar-refractivity contribution < 1.29 is 14.3 Å². The van der Waals surface area contributed by atoms with Gasteiger partial charge in [-0.05, 0) is 35.4 Å². The number of benzene rings is 2. The van der Waals surface area contributed by atoms with Gasteiger partial charge in [0.15, 0.2) is 5.17 Å². The number of hydrogen-bond acceptors (Lipinski definition) is 6. The molecule has 3 heterocycles. The summed E-state index contributed by atoms with van der Waals surface area (Å²) < 4.78 is 5.16. The van der Waals surface area contributed by atoms with Crippen molar-refractivity contribution in [2.24, 2.45) is 4.99 Å². The van der Waals surface area contributed by atoms with E-state index in [0.29, 0.717) is 24.2 Å². The molecule has 2 aliphatic heterocycles. The molecule has 3 aromatic rings. The van der Waals surface area contributed by atoms with Gasteiger partial charge in [-0.1, -0.05) is 67.2 Å². The smallest absolute Gasteiger partial charge is 0.338 e. The van der Waals surface area contributed by atoms with Gasteiger partial charge < -0.3 is 19.9 Å². The zero-order valence-electron chi connectivity index (χ0n) is 20.3. The molecule has 0 bridgehead atoms. The summed E-state index contributed by atoms with van der Waals surface area (Å²) in [5, 5.41) is 6.96. The number of aromatic nitrogens is 1. The number of amidine groups is 1. The molecule has 2 N–H and O–H groups in total. The zero-order valence-corrected chi connectivity index (χ0v) is 21.1. The highest BCUT2D eigenvalue weighted by Gasteiger charge is 2.41. The van der Waals surface area contributed by atoms with Crippen LogP contribution in [0.4, 0.5) is 0 Å². The second-order valence-corrected chi connectivity index (χ2v) is 9.48. The fourth-order valence-electron chi connectivity index (χ4n) is 4.77. The number of para-hydroxylation sites is 1. The van der Waals surface area contributed by atoms with Gasteiger partial charge in [-0.2, -0.15) is 0 Å². The third kappa shape index (κ3) is 4.56. The number of rotatable bonds is 8. The molecule has 36 heavy (non-hydrogen) atoms. The lowest BCUT2D eigenvalue weighted by Gasteiger charge is -2.36. The van der Waals surface area contributed by atoms with Gasteiger partial charge in [0.05, 0.1) is 30.8 Å². The molecule has 5 rings (SSSR count). The molecule has 2 aliphatic rings. The van der Waals surface area contributed by atoms with E-state index in [-0.39, 0.29) is 12.3 Å². The van der Waals surface area contributed by atoms with Crippen LogP contribution in [0, 0.1) is 0 Å². The predicted molar refractivity (Wildman–Crippen MR) is 143 cm³/mol. The lowest BCUT2D eigenvalue weighted by Crippen LogP contribution is -2.38. The Kier molecular flexibility index (Phi) is 6.95. The van der Waals surface area contributed by atoms with Crippen LogP contribution < -0.4 is 5.32 Å². The minimum Gasteiger partial charge on any atom is -0.466 e. The first-order chi connectivity index (χ1) is 17.6. The fourth-order valence-corrected chi connectivity index (χ4v) is 5.70. The number of aromatic amines is 1. The molecule has 0 saturated heterocycles. The molecular formula is C28H28N4O3S. The second kappa shape index (κ2) is 10.5. The number of nitrogens with one attached hydrogen (secondary N) is 2. The number of esters is 1. The quantitative estimate of drug-likeness (QED) is 0.423. The molecule has 184 valence electrons. The van der Waals surface area contributed by atoms with Gasteiger partial charge in [0.2, 0.25) is 5.91 Å². The zero-order chi connectivity index (χ0) is 25.1. The molecule has 2 aromatic carbocycles. The Labute approximate surface area is 214 Å². The summed E-state index contributed by atoms with van der Waals surface area (Å²) in [6.45, 7) is 2.52. The summed E-state index contributed by atoms with van der Waals surface area (Å²) in [4.78, 5) is 35.9. The maximum Gasteiger partial charge on any atom is 0.338 e. The van der Waals surface area contributed by atoms with E-state index >= 15 is 0 Å². The van der Waals surface area contributed by atoms with Crippen molar-refractivity contribution >= 4 is 39.7 Å². The summed E-state index contributed by atoms with van der Waals surface area (Å²) in [5.74, 6) is -0.470. The normalized spacial score (nSPS) is 17.1. The van der Waals surface area contributed by atoms with Crippen LogP contribution in [0.25, 0.3) is 10.9 Å². The predicted octanol–water partition coefficient (Wildman–Crippen LogP) is 5.05. The molecule has 0 radical (unpaired) electrons. The summed E-state index contributed by atoms with van der Waals surface area (Å²) in [7, 11) is 1.39. The number of amides is 1. The van der Waals surface area contributed by atoms with Crippen molar-refractivity contribution in [3.8, 4) is 0 Å². The molecule has 0 aliphatic carbocycles. The number of ether oxygens (including phenoxy) is 1. The lowest BCUT2D eigenvalue weighted by atomic mass is 9.93. The molecule has 0 fully saturated rings. The van der Waals surface area contributed by atoms with Crippen LogP contribution in [0.15, 0.2) is 88.2 Å². The summed E-state index contributed by atoms with van der Waals surface area (Å²) in [5.41, 5.74) is 5.27. The van der Waals surface area contributed by atoms with E-state index in [9.17, 15) is 9.59 Å². The number of allylic oxidation sites excluding steroid dienone is 1. The van der Waals surface area contributed by atoms with Crippen molar-refractivity contribution in [2.75, 3.05) is 13.7 Å². The first-order valence-corrected chi connectivity index (χ1v) is 12.9. The Hall–Kier alpha value is -3.78. The average molecular weight is 501 g/mol. The van der Waals surface area contributed by atoms with Crippen LogP contribution in [0.3, 0.4) is 0 Å². The number of thioether (sulfide) groups is 1. The number of carbonyl (C=O) groups is 2. The molecule has 1 atom stereocenters. The van der Waals surface area contributed by atoms with Crippen molar-refractivity contribution in [2.45, 2.75) is 32.2 Å². The molecule has 0 saturated carbocycles. The summed E-state index contributed by atoms with van der Waals surface area (Å²) in [6.07, 6.45) is 3.54. The standard InChI is InChI=1S/C28H28N4O3S/c1-3-22-25(27(34)35-2)26(18-9-5-4-6-10-18)32-20(17-36-28(32)31-22)15-24(33)29-14-13-19-16-30-23-12-8-7-11-21(19)23/h4-12,16-17,26,30H,3,13-15H2,1-2H3,(H,29,33)/t26-/m1/s1. The third-order valence-electron chi connectivity index (χ3n) is 6.48. The van der Waals surface area contributed by atoms with Gasteiger partial charge in [-0.3, -0.25) is 4.79 Å². The number of methoxy groups -OCH3 is 1. The van der Waals surface area contributed by atoms with Gasteiger partial charge in [0, 0.05) is 29.3 Å². The van der Waals surface area contributed by atoms with E-state index in [1.165, 1.54) is 29.8 Å². The minimum absolute atomic E-state index is 0.0698. The number of nitrogens with zero attached hydrogens (tertiary/aromatic N) is 2. The Morgan fingerprint density at radius 1 is 1.14 bits per heavy atom. The first-order valence-electron chi connectivity index (χ1n) is 12.0. The van der Waals surface area contributed by atoms with Gasteiger partial charge in [0.1, 0.15) is 0 Å². The minimum atomic E-state index is -0.402. The first kappa shape index (κ1) is 23.9. The Balaban J connectivity index is 1.33. The Morgan fingerprint density at radius 3 is 2.69 bits per heavy atom. The highest BCUT2D eigenvalue weighted by molar-refractivity contribution is 8.16. The monoisotopic (exact) mass is 500 g/mol. The maximum absolute atomic E-state index is 13.0. The van der Waals surface area contributed by atoms with Gasteiger partial charge >= 0.3 is 5.97 Å². The van der Waals surface area contributed by atoms with Crippen molar-refractivity contribution in [3.63, 3.8) is 0 Å². The molecule has 7 nitrogen and oxygen atoms in total. The van der Waals surface area contributed by atoms with E-state index in [1.54, 1.807) is 0 Å². The molecule has 0 spiro atoms. The number of aliphatic imine (C=N–C) groups is 1. The van der Waals surface area contributed by atoms with Crippen LogP contribution in [0.2, 0.25) is 0 Å². The Bertz CT molecular complexity index is 1390. The van der Waals surface area contributed by atoms with E-state index in [4.69, 9.17) is 9.73 Å². The maximum atomic E-state index is 13.0. The SMILES string of the molecule is CCC1=C(C(=O)OC)[C@@H](c2ccccc2)N2C(CC(=O)NCCc3c[nH]c4ccccc34)=CSC2=N1. The highest BCUT2D eigenvalue weighted by Crippen LogP contribution is 2.45. The molecule has 8 heteroatoms. The van der Waals surface area contributed by atoms with Crippen LogP contribution in [0.5, 0.6) is 0 Å². The van der Waals surface area contributed by atoms with E-state index in [2.05, 4.69) is 16.4 Å². The van der Waals surface area contributed by atoms with Crippen LogP contribution >= 0.6 is 11.8 Å². The van der Waals surface area contributed by atoms with E-state index in [1.807, 2.05) is 72.0 Å². The molecule has 1 aromatic heterocycles. The van der Waals surface area contributed by atoms with Crippen LogP contribution in [-0.2, 0) is 20.7 Å². The third-order valence-corrected chi connectivity index (χ3v) is 7.37. The molecule has 0 unspecified atom stereocenters. The number of H-pyrrole nitrogens is 1. The van der Waals surface area contributed by atoms with Crippen molar-refractivity contribution in [1.82, 2.24) is 15.2 Å². The largest absolute Gasteiger partial charge is 0.466 e. The number of hydrogen-bond donors (Lipinski definition) is 2. The molecule has 1 amide bonds. The van der Waals surface area contributed by atoms with E-state index < -0.39 is 12.0 Å². The van der Waals surface area contributed by atoms with Crippen LogP contribution in [-0.4, -0.2) is 40.6 Å². The molecular weight excluding hydrogens is 472 g/mol. The van der Waals surface area contributed by atoms with Crippen molar-refractivity contribution in [3.05, 3.63) is 94.3 Å². The topological polar surface area (TPSA) is 86.8 Å². The number of carbonyl (C=O) groups excluding carboxylic acids is 2. The summed E-state index contributed by atoms with van der Waals surface area (Å²) >= 11 is 1.48.